The minimum absolute atomic E-state index is 0.176. The molecule has 0 aliphatic heterocycles. The van der Waals surface area contributed by atoms with Gasteiger partial charge in [-0.15, -0.1) is 36.6 Å². The lowest BCUT2D eigenvalue weighted by Crippen LogP contribution is -2.28. The monoisotopic (exact) mass is 341 g/mol. The standard InChI is InChI=1S/C13H15N3O2S3/c14-5-6-1-2-7-9(10(6)19)13(20)21-11(7)12(18)16-8(15)3-4-17/h3-4,17,19-20H,1-2,5,14H2,(H2,15,16,18)/b4-3-. The zero-order valence-corrected chi connectivity index (χ0v) is 13.6. The zero-order valence-electron chi connectivity index (χ0n) is 11.0. The van der Waals surface area contributed by atoms with Crippen molar-refractivity contribution in [2.75, 3.05) is 6.54 Å². The van der Waals surface area contributed by atoms with E-state index in [2.05, 4.69) is 30.6 Å². The first kappa shape index (κ1) is 16.2. The first-order valence-corrected chi connectivity index (χ1v) is 7.87. The predicted molar refractivity (Wildman–Crippen MR) is 91.8 cm³/mol. The number of thiophene rings is 1. The Kier molecular flexibility index (Phi) is 5.15. The van der Waals surface area contributed by atoms with Crippen molar-refractivity contribution in [3.05, 3.63) is 33.9 Å². The predicted octanol–water partition coefficient (Wildman–Crippen LogP) is 2.36. The maximum Gasteiger partial charge on any atom is 0.267 e. The van der Waals surface area contributed by atoms with E-state index in [1.807, 2.05) is 0 Å². The van der Waals surface area contributed by atoms with Gasteiger partial charge in [-0.2, -0.15) is 0 Å². The van der Waals surface area contributed by atoms with Crippen molar-refractivity contribution in [2.45, 2.75) is 17.1 Å². The van der Waals surface area contributed by atoms with Gasteiger partial charge in [-0.05, 0) is 24.0 Å². The van der Waals surface area contributed by atoms with Gasteiger partial charge in [0.05, 0.1) is 15.3 Å². The third-order valence-corrected chi connectivity index (χ3v) is 5.25. The van der Waals surface area contributed by atoms with Gasteiger partial charge in [0.1, 0.15) is 5.84 Å². The molecular weight excluding hydrogens is 326 g/mol. The van der Waals surface area contributed by atoms with Crippen LogP contribution in [0.3, 0.4) is 0 Å². The highest BCUT2D eigenvalue weighted by atomic mass is 32.2. The normalized spacial score (nSPS) is 14.4. The Hall–Kier alpha value is -1.22. The van der Waals surface area contributed by atoms with Crippen LogP contribution in [0.15, 0.2) is 22.1 Å². The molecule has 0 unspecified atom stereocenters. The van der Waals surface area contributed by atoms with Crippen LogP contribution in [-0.2, 0) is 6.42 Å². The molecule has 1 aliphatic carbocycles. The minimum Gasteiger partial charge on any atom is -0.515 e. The van der Waals surface area contributed by atoms with E-state index in [1.54, 1.807) is 0 Å². The molecule has 0 aromatic carbocycles. The lowest BCUT2D eigenvalue weighted by molar-refractivity contribution is 0.0980. The fourth-order valence-corrected chi connectivity index (χ4v) is 4.31. The second kappa shape index (κ2) is 6.69. The molecule has 0 radical (unpaired) electrons. The molecule has 5 N–H and O–H groups in total. The molecule has 1 heterocycles. The molecule has 5 nitrogen and oxygen atoms in total. The van der Waals surface area contributed by atoms with Crippen LogP contribution < -0.4 is 11.1 Å². The molecule has 1 aromatic heterocycles. The minimum atomic E-state index is -0.378. The Morgan fingerprint density at radius 3 is 2.81 bits per heavy atom. The maximum atomic E-state index is 12.2. The number of carbonyl (C=O) groups is 1. The smallest absolute Gasteiger partial charge is 0.267 e. The Bertz CT molecular complexity index is 662. The van der Waals surface area contributed by atoms with Gasteiger partial charge in [0.2, 0.25) is 0 Å². The van der Waals surface area contributed by atoms with Crippen molar-refractivity contribution >= 4 is 53.2 Å². The molecule has 2 rings (SSSR count). The highest BCUT2D eigenvalue weighted by Crippen LogP contribution is 2.43. The first-order chi connectivity index (χ1) is 9.99. The Balaban J connectivity index is 2.37. The van der Waals surface area contributed by atoms with E-state index in [4.69, 9.17) is 16.2 Å². The Morgan fingerprint density at radius 1 is 1.48 bits per heavy atom. The van der Waals surface area contributed by atoms with Gasteiger partial charge in [-0.25, -0.2) is 0 Å². The summed E-state index contributed by atoms with van der Waals surface area (Å²) in [5, 5.41) is 18.5. The van der Waals surface area contributed by atoms with Gasteiger partial charge in [-0.1, -0.05) is 0 Å². The van der Waals surface area contributed by atoms with E-state index in [-0.39, 0.29) is 11.7 Å². The number of hydrogen-bond acceptors (Lipinski definition) is 7. The number of nitrogens with one attached hydrogen (secondary N) is 2. The fourth-order valence-electron chi connectivity index (χ4n) is 2.18. The summed E-state index contributed by atoms with van der Waals surface area (Å²) in [6.07, 6.45) is 3.27. The number of carbonyl (C=O) groups excluding carboxylic acids is 1. The van der Waals surface area contributed by atoms with Crippen molar-refractivity contribution in [1.29, 1.82) is 5.41 Å². The molecule has 1 aliphatic rings. The third kappa shape index (κ3) is 3.18. The van der Waals surface area contributed by atoms with Crippen molar-refractivity contribution in [1.82, 2.24) is 5.32 Å². The van der Waals surface area contributed by atoms with Gasteiger partial charge < -0.3 is 16.2 Å². The lowest BCUT2D eigenvalue weighted by Gasteiger charge is -2.18. The SMILES string of the molecule is N=C(/C=C\O)NC(=O)c1sc(S)c2c1CCC(CN)=C2S. The summed E-state index contributed by atoms with van der Waals surface area (Å²) in [7, 11) is 0. The van der Waals surface area contributed by atoms with Crippen LogP contribution in [0.2, 0.25) is 0 Å². The Morgan fingerprint density at radius 2 is 2.19 bits per heavy atom. The van der Waals surface area contributed by atoms with Crippen LogP contribution >= 0.6 is 36.6 Å². The molecule has 1 aromatic rings. The zero-order chi connectivity index (χ0) is 15.6. The molecule has 0 atom stereocenters. The molecular formula is C13H15N3O2S3. The average Bonchev–Trinajstić information content (AvgIpc) is 2.77. The summed E-state index contributed by atoms with van der Waals surface area (Å²) in [6, 6.07) is 0. The van der Waals surface area contributed by atoms with Gasteiger partial charge in [0.25, 0.3) is 5.91 Å². The highest BCUT2D eigenvalue weighted by molar-refractivity contribution is 7.90. The summed E-state index contributed by atoms with van der Waals surface area (Å²) in [4.78, 5) is 13.5. The molecule has 0 fully saturated rings. The Labute approximate surface area is 137 Å². The van der Waals surface area contributed by atoms with Crippen LogP contribution in [0.1, 0.15) is 27.2 Å². The number of amidine groups is 1. The maximum absolute atomic E-state index is 12.2. The average molecular weight is 341 g/mol. The molecule has 0 saturated carbocycles. The molecule has 112 valence electrons. The third-order valence-electron chi connectivity index (χ3n) is 3.18. The summed E-state index contributed by atoms with van der Waals surface area (Å²) < 4.78 is 0.718. The fraction of sp³-hybridized carbons (Fsp3) is 0.231. The number of hydrogen-bond donors (Lipinski definition) is 6. The molecule has 0 spiro atoms. The number of nitrogens with two attached hydrogens (primary N) is 1. The van der Waals surface area contributed by atoms with E-state index >= 15 is 0 Å². The lowest BCUT2D eigenvalue weighted by atomic mass is 9.93. The van der Waals surface area contributed by atoms with E-state index in [1.165, 1.54) is 11.3 Å². The van der Waals surface area contributed by atoms with E-state index in [0.717, 1.165) is 38.3 Å². The van der Waals surface area contributed by atoms with Crippen LogP contribution in [0.4, 0.5) is 0 Å². The molecule has 1 amide bonds. The van der Waals surface area contributed by atoms with Crippen LogP contribution in [0.5, 0.6) is 0 Å². The van der Waals surface area contributed by atoms with Crippen molar-refractivity contribution < 1.29 is 9.90 Å². The number of rotatable bonds is 3. The second-order valence-corrected chi connectivity index (χ2v) is 6.65. The van der Waals surface area contributed by atoms with Gasteiger partial charge in [0, 0.05) is 23.1 Å². The van der Waals surface area contributed by atoms with Crippen molar-refractivity contribution in [3.8, 4) is 0 Å². The quantitative estimate of drug-likeness (QED) is 0.220. The van der Waals surface area contributed by atoms with Gasteiger partial charge in [0.15, 0.2) is 0 Å². The van der Waals surface area contributed by atoms with Crippen molar-refractivity contribution in [2.24, 2.45) is 5.73 Å². The summed E-state index contributed by atoms with van der Waals surface area (Å²) >= 11 is 10.2. The van der Waals surface area contributed by atoms with Crippen LogP contribution in [-0.4, -0.2) is 23.4 Å². The molecule has 21 heavy (non-hydrogen) atoms. The number of thiol groups is 2. The molecule has 0 bridgehead atoms. The highest BCUT2D eigenvalue weighted by Gasteiger charge is 2.27. The van der Waals surface area contributed by atoms with Gasteiger partial charge in [-0.3, -0.25) is 10.2 Å². The van der Waals surface area contributed by atoms with E-state index in [9.17, 15) is 4.79 Å². The molecule has 0 saturated heterocycles. The second-order valence-electron chi connectivity index (χ2n) is 4.43. The molecule has 8 heteroatoms. The van der Waals surface area contributed by atoms with Crippen molar-refractivity contribution in [3.63, 3.8) is 0 Å². The summed E-state index contributed by atoms with van der Waals surface area (Å²) in [5.41, 5.74) is 8.52. The van der Waals surface area contributed by atoms with E-state index in [0.29, 0.717) is 24.1 Å². The number of aliphatic hydroxyl groups is 1. The first-order valence-electron chi connectivity index (χ1n) is 6.16. The van der Waals surface area contributed by atoms with Crippen LogP contribution in [0.25, 0.3) is 4.91 Å². The number of amides is 1. The van der Waals surface area contributed by atoms with Crippen LogP contribution in [0, 0.1) is 5.41 Å². The summed E-state index contributed by atoms with van der Waals surface area (Å²) in [6.45, 7) is 0.439. The largest absolute Gasteiger partial charge is 0.515 e. The topological polar surface area (TPSA) is 99.2 Å². The van der Waals surface area contributed by atoms with Gasteiger partial charge >= 0.3 is 0 Å². The van der Waals surface area contributed by atoms with E-state index < -0.39 is 0 Å². The number of fused-ring (bicyclic) bond motifs is 1. The number of aliphatic hydroxyl groups excluding tert-OH is 1. The summed E-state index contributed by atoms with van der Waals surface area (Å²) in [5.74, 6) is -0.553.